The number of pyridine rings is 1. The molecule has 154 valence electrons. The van der Waals surface area contributed by atoms with Crippen LogP contribution in [-0.4, -0.2) is 21.1 Å². The van der Waals surface area contributed by atoms with Gasteiger partial charge in [-0.05, 0) is 77.9 Å². The van der Waals surface area contributed by atoms with Crippen LogP contribution in [0.4, 0.5) is 0 Å². The molecule has 0 spiro atoms. The molecule has 0 bridgehead atoms. The molecule has 1 aromatic heterocycles. The Kier molecular flexibility index (Phi) is 4.25. The van der Waals surface area contributed by atoms with E-state index in [1.165, 1.54) is 11.1 Å². The minimum atomic E-state index is -0.427. The van der Waals surface area contributed by atoms with Gasteiger partial charge in [-0.15, -0.1) is 0 Å². The van der Waals surface area contributed by atoms with Gasteiger partial charge in [0.25, 0.3) is 0 Å². The van der Waals surface area contributed by atoms with Crippen molar-refractivity contribution >= 4 is 5.57 Å². The molecule has 5 heteroatoms. The molecule has 0 aromatic carbocycles. The lowest BCUT2D eigenvalue weighted by Gasteiger charge is -2.57. The maximum Gasteiger partial charge on any atom is 0.246 e. The number of allylic oxidation sites excluding steroid dienone is 3. The molecule has 0 aliphatic heterocycles. The van der Waals surface area contributed by atoms with Crippen molar-refractivity contribution in [2.45, 2.75) is 64.9 Å². The monoisotopic (exact) mass is 394 g/mol. The van der Waals surface area contributed by atoms with Gasteiger partial charge in [0.15, 0.2) is 0 Å². The third-order valence-electron chi connectivity index (χ3n) is 8.93. The molecule has 4 aliphatic carbocycles. The van der Waals surface area contributed by atoms with Crippen LogP contribution in [0.25, 0.3) is 5.57 Å². The summed E-state index contributed by atoms with van der Waals surface area (Å²) in [5.74, 6) is 1.26. The van der Waals surface area contributed by atoms with Gasteiger partial charge in [-0.25, -0.2) is 0 Å². The zero-order chi connectivity index (χ0) is 20.4. The summed E-state index contributed by atoms with van der Waals surface area (Å²) in [6, 6.07) is 4.14. The summed E-state index contributed by atoms with van der Waals surface area (Å²) in [6.07, 6.45) is 11.6. The predicted octanol–water partition coefficient (Wildman–Crippen LogP) is 5.00. The highest BCUT2D eigenvalue weighted by molar-refractivity contribution is 5.72. The molecule has 0 unspecified atom stereocenters. The van der Waals surface area contributed by atoms with E-state index in [-0.39, 0.29) is 15.8 Å². The van der Waals surface area contributed by atoms with Crippen LogP contribution in [0.15, 0.2) is 41.9 Å². The molecule has 0 radical (unpaired) electrons. The summed E-state index contributed by atoms with van der Waals surface area (Å²) < 4.78 is 0. The van der Waals surface area contributed by atoms with Crippen molar-refractivity contribution < 1.29 is 10.0 Å². The fourth-order valence-corrected chi connectivity index (χ4v) is 7.48. The number of nitro groups is 1. The van der Waals surface area contributed by atoms with Gasteiger partial charge in [0.2, 0.25) is 5.70 Å². The number of hydrogen-bond acceptors (Lipinski definition) is 4. The predicted molar refractivity (Wildman–Crippen MR) is 111 cm³/mol. The fraction of sp³-hybridized carbons (Fsp3) is 0.625. The maximum absolute atomic E-state index is 12.0. The molecule has 4 aliphatic rings. The number of hydrogen-bond donors (Lipinski definition) is 1. The van der Waals surface area contributed by atoms with E-state index < -0.39 is 6.10 Å². The van der Waals surface area contributed by atoms with E-state index in [0.29, 0.717) is 36.3 Å². The second-order valence-corrected chi connectivity index (χ2v) is 10.1. The summed E-state index contributed by atoms with van der Waals surface area (Å²) >= 11 is 0. The van der Waals surface area contributed by atoms with Crippen LogP contribution in [0, 0.1) is 38.7 Å². The van der Waals surface area contributed by atoms with Gasteiger partial charge in [-0.2, -0.15) is 0 Å². The van der Waals surface area contributed by atoms with E-state index >= 15 is 0 Å². The topological polar surface area (TPSA) is 76.3 Å². The van der Waals surface area contributed by atoms with Crippen molar-refractivity contribution in [2.24, 2.45) is 28.6 Å². The van der Waals surface area contributed by atoms with Crippen LogP contribution >= 0.6 is 0 Å². The molecule has 5 rings (SSSR count). The normalized spacial score (nSPS) is 41.3. The lowest BCUT2D eigenvalue weighted by Crippen LogP contribution is -2.51. The third-order valence-corrected chi connectivity index (χ3v) is 8.93. The van der Waals surface area contributed by atoms with Crippen molar-refractivity contribution in [3.05, 3.63) is 57.6 Å². The van der Waals surface area contributed by atoms with Crippen molar-refractivity contribution in [3.63, 3.8) is 0 Å². The van der Waals surface area contributed by atoms with Crippen LogP contribution in [0.1, 0.15) is 64.4 Å². The minimum Gasteiger partial charge on any atom is -0.393 e. The van der Waals surface area contributed by atoms with Crippen molar-refractivity contribution in [1.29, 1.82) is 0 Å². The number of nitrogens with zero attached hydrogens (tertiary/aromatic N) is 2. The number of aliphatic hydroxyl groups is 1. The zero-order valence-corrected chi connectivity index (χ0v) is 17.3. The first kappa shape index (κ1) is 19.0. The molecular weight excluding hydrogens is 364 g/mol. The van der Waals surface area contributed by atoms with Crippen LogP contribution in [0.3, 0.4) is 0 Å². The van der Waals surface area contributed by atoms with Gasteiger partial charge in [0, 0.05) is 30.8 Å². The van der Waals surface area contributed by atoms with Gasteiger partial charge in [-0.3, -0.25) is 15.1 Å². The van der Waals surface area contributed by atoms with E-state index in [0.717, 1.165) is 37.7 Å². The first-order valence-electron chi connectivity index (χ1n) is 11.0. The molecule has 1 aromatic rings. The number of aromatic nitrogens is 1. The number of fused-ring (bicyclic) bond motifs is 5. The van der Waals surface area contributed by atoms with Crippen molar-refractivity contribution in [1.82, 2.24) is 4.98 Å². The highest BCUT2D eigenvalue weighted by Gasteiger charge is 2.59. The number of aliphatic hydroxyl groups excluding tert-OH is 1. The highest BCUT2D eigenvalue weighted by Crippen LogP contribution is 2.67. The molecule has 2 saturated carbocycles. The van der Waals surface area contributed by atoms with Crippen molar-refractivity contribution in [2.75, 3.05) is 0 Å². The second-order valence-electron chi connectivity index (χ2n) is 10.1. The maximum atomic E-state index is 12.0. The van der Waals surface area contributed by atoms with Gasteiger partial charge in [0.1, 0.15) is 0 Å². The molecule has 0 saturated heterocycles. The Morgan fingerprint density at radius 1 is 1.17 bits per heavy atom. The van der Waals surface area contributed by atoms with E-state index in [1.54, 1.807) is 0 Å². The molecule has 2 fully saturated rings. The Balaban J connectivity index is 1.54. The average molecular weight is 395 g/mol. The zero-order valence-electron chi connectivity index (χ0n) is 17.3. The van der Waals surface area contributed by atoms with E-state index in [2.05, 4.69) is 31.0 Å². The van der Waals surface area contributed by atoms with Gasteiger partial charge < -0.3 is 5.11 Å². The molecular formula is C24H30N2O3. The van der Waals surface area contributed by atoms with E-state index in [4.69, 9.17) is 0 Å². The minimum absolute atomic E-state index is 0.0634. The molecule has 5 nitrogen and oxygen atoms in total. The summed E-state index contributed by atoms with van der Waals surface area (Å²) in [5, 5.41) is 22.3. The Hall–Kier alpha value is -2.01. The Morgan fingerprint density at radius 2 is 1.97 bits per heavy atom. The lowest BCUT2D eigenvalue weighted by molar-refractivity contribution is -0.434. The van der Waals surface area contributed by atoms with Crippen LogP contribution < -0.4 is 0 Å². The first-order valence-corrected chi connectivity index (χ1v) is 11.0. The smallest absolute Gasteiger partial charge is 0.246 e. The molecule has 1 heterocycles. The summed E-state index contributed by atoms with van der Waals surface area (Å²) in [5.41, 5.74) is 3.87. The molecule has 29 heavy (non-hydrogen) atoms. The molecule has 6 atom stereocenters. The highest BCUT2D eigenvalue weighted by atomic mass is 16.6. The summed E-state index contributed by atoms with van der Waals surface area (Å²) in [4.78, 5) is 16.2. The Labute approximate surface area is 172 Å². The van der Waals surface area contributed by atoms with Crippen LogP contribution in [0.5, 0.6) is 0 Å². The second kappa shape index (κ2) is 6.49. The lowest BCUT2D eigenvalue weighted by atomic mass is 9.46. The number of rotatable bonds is 2. The summed E-state index contributed by atoms with van der Waals surface area (Å²) in [6.45, 7) is 4.62. The standard InChI is InChI=1S/C24H30N2O3/c1-23-10-8-20-17(19(23)6-5-18(23)15-4-3-11-25-14-15)13-22(26(28)29)21-12-16(27)7-9-24(20,21)2/h3-5,11,14,16-17,19-20,27H,6-10,12-13H2,1-2H3/t16-,17-,19-,20-,23+,24+/m0/s1. The summed E-state index contributed by atoms with van der Waals surface area (Å²) in [7, 11) is 0. The third kappa shape index (κ3) is 2.66. The molecule has 1 N–H and O–H groups in total. The SMILES string of the molecule is C[C@]12CC[C@H](O)CC1=C([N+](=O)[O-])C[C@@H]1[C@@H]2CC[C@]2(C)C(c3cccnc3)=CC[C@@H]12. The quantitative estimate of drug-likeness (QED) is 0.565. The van der Waals surface area contributed by atoms with E-state index in [1.807, 2.05) is 18.5 Å². The van der Waals surface area contributed by atoms with Gasteiger partial charge >= 0.3 is 0 Å². The Bertz CT molecular complexity index is 908. The van der Waals surface area contributed by atoms with Gasteiger partial charge in [-0.1, -0.05) is 26.0 Å². The average Bonchev–Trinajstić information content (AvgIpc) is 3.06. The molecule has 0 amide bonds. The fourth-order valence-electron chi connectivity index (χ4n) is 7.48. The van der Waals surface area contributed by atoms with Crippen LogP contribution in [0.2, 0.25) is 0 Å². The van der Waals surface area contributed by atoms with E-state index in [9.17, 15) is 15.2 Å². The largest absolute Gasteiger partial charge is 0.393 e. The Morgan fingerprint density at radius 3 is 2.69 bits per heavy atom. The van der Waals surface area contributed by atoms with Crippen molar-refractivity contribution in [3.8, 4) is 0 Å². The first-order chi connectivity index (χ1) is 13.8. The van der Waals surface area contributed by atoms with Gasteiger partial charge in [0.05, 0.1) is 11.0 Å². The van der Waals surface area contributed by atoms with Crippen LogP contribution in [-0.2, 0) is 0 Å².